The van der Waals surface area contributed by atoms with Gasteiger partial charge >= 0.3 is 0 Å². The van der Waals surface area contributed by atoms with Crippen molar-refractivity contribution in [1.82, 2.24) is 0 Å². The summed E-state index contributed by atoms with van der Waals surface area (Å²) in [5.41, 5.74) is 1.69. The molecule has 0 spiro atoms. The molecule has 0 aliphatic rings. The molecule has 2 aromatic carbocycles. The zero-order valence-electron chi connectivity index (χ0n) is 10.7. The van der Waals surface area contributed by atoms with Crippen LogP contribution in [0.15, 0.2) is 59.5 Å². The lowest BCUT2D eigenvalue weighted by Gasteiger charge is -2.09. The van der Waals surface area contributed by atoms with E-state index in [0.717, 1.165) is 11.1 Å². The first-order chi connectivity index (χ1) is 9.13. The molecule has 3 nitrogen and oxygen atoms in total. The monoisotopic (exact) mass is 276 g/mol. The second kappa shape index (κ2) is 5.99. The number of benzene rings is 2. The molecule has 0 saturated heterocycles. The fraction of sp³-hybridized carbons (Fsp3) is 0.200. The average Bonchev–Trinajstić information content (AvgIpc) is 2.42. The topological polar surface area (TPSA) is 43.4 Å². The maximum absolute atomic E-state index is 12.3. The standard InChI is InChI=1S/C15H16O3S/c1-18-11-13-7-5-6-8-14(13)12-19(16,17)15-9-3-2-4-10-15/h2-10H,11-12H2,1H3. The van der Waals surface area contributed by atoms with Crippen molar-refractivity contribution >= 4 is 9.84 Å². The Balaban J connectivity index is 2.31. The highest BCUT2D eigenvalue weighted by atomic mass is 32.2. The summed E-state index contributed by atoms with van der Waals surface area (Å²) in [6.45, 7) is 0.417. The van der Waals surface area contributed by atoms with E-state index in [4.69, 9.17) is 4.74 Å². The third-order valence-electron chi connectivity index (χ3n) is 2.87. The van der Waals surface area contributed by atoms with Crippen LogP contribution in [0.25, 0.3) is 0 Å². The Hall–Kier alpha value is -1.65. The van der Waals surface area contributed by atoms with E-state index in [0.29, 0.717) is 11.5 Å². The molecule has 2 aromatic rings. The quantitative estimate of drug-likeness (QED) is 0.843. The highest BCUT2D eigenvalue weighted by Crippen LogP contribution is 2.19. The van der Waals surface area contributed by atoms with E-state index < -0.39 is 9.84 Å². The molecule has 0 fully saturated rings. The van der Waals surface area contributed by atoms with E-state index in [1.165, 1.54) is 0 Å². The van der Waals surface area contributed by atoms with Crippen LogP contribution >= 0.6 is 0 Å². The van der Waals surface area contributed by atoms with Crippen LogP contribution in [-0.4, -0.2) is 15.5 Å². The third-order valence-corrected chi connectivity index (χ3v) is 4.55. The molecule has 0 bridgehead atoms. The van der Waals surface area contributed by atoms with E-state index in [-0.39, 0.29) is 5.75 Å². The molecule has 0 radical (unpaired) electrons. The molecule has 0 aromatic heterocycles. The Kier molecular flexibility index (Phi) is 4.35. The fourth-order valence-corrected chi connectivity index (χ4v) is 3.34. The smallest absolute Gasteiger partial charge is 0.182 e. The van der Waals surface area contributed by atoms with Gasteiger partial charge in [-0.3, -0.25) is 0 Å². The number of rotatable bonds is 5. The van der Waals surface area contributed by atoms with Crippen LogP contribution in [0, 0.1) is 0 Å². The summed E-state index contributed by atoms with van der Waals surface area (Å²) in [6.07, 6.45) is 0. The van der Waals surface area contributed by atoms with Crippen LogP contribution < -0.4 is 0 Å². The molecule has 100 valence electrons. The Bertz CT molecular complexity index is 633. The SMILES string of the molecule is COCc1ccccc1CS(=O)(=O)c1ccccc1. The van der Waals surface area contributed by atoms with Gasteiger partial charge in [0.25, 0.3) is 0 Å². The highest BCUT2D eigenvalue weighted by Gasteiger charge is 2.16. The van der Waals surface area contributed by atoms with Crippen LogP contribution in [0.5, 0.6) is 0 Å². The maximum atomic E-state index is 12.3. The van der Waals surface area contributed by atoms with Crippen molar-refractivity contribution in [2.75, 3.05) is 7.11 Å². The van der Waals surface area contributed by atoms with Gasteiger partial charge in [0.1, 0.15) is 0 Å². The van der Waals surface area contributed by atoms with Gasteiger partial charge in [-0.25, -0.2) is 8.42 Å². The molecule has 2 rings (SSSR count). The number of sulfone groups is 1. The van der Waals surface area contributed by atoms with Gasteiger partial charge < -0.3 is 4.74 Å². The minimum Gasteiger partial charge on any atom is -0.380 e. The third kappa shape index (κ3) is 3.43. The largest absolute Gasteiger partial charge is 0.380 e. The Morgan fingerprint density at radius 3 is 2.11 bits per heavy atom. The molecular formula is C15H16O3S. The molecule has 0 N–H and O–H groups in total. The fourth-order valence-electron chi connectivity index (χ4n) is 1.91. The second-order valence-electron chi connectivity index (χ2n) is 4.27. The average molecular weight is 276 g/mol. The van der Waals surface area contributed by atoms with Crippen molar-refractivity contribution in [1.29, 1.82) is 0 Å². The number of hydrogen-bond acceptors (Lipinski definition) is 3. The Morgan fingerprint density at radius 1 is 0.895 bits per heavy atom. The van der Waals surface area contributed by atoms with Crippen LogP contribution in [-0.2, 0) is 26.9 Å². The van der Waals surface area contributed by atoms with Crippen molar-refractivity contribution in [2.24, 2.45) is 0 Å². The van der Waals surface area contributed by atoms with Crippen molar-refractivity contribution in [2.45, 2.75) is 17.3 Å². The number of methoxy groups -OCH3 is 1. The first-order valence-electron chi connectivity index (χ1n) is 5.97. The first-order valence-corrected chi connectivity index (χ1v) is 7.62. The minimum absolute atomic E-state index is 0.00343. The predicted octanol–water partition coefficient (Wildman–Crippen LogP) is 2.81. The van der Waals surface area contributed by atoms with Gasteiger partial charge in [-0.1, -0.05) is 42.5 Å². The summed E-state index contributed by atoms with van der Waals surface area (Å²) >= 11 is 0. The number of ether oxygens (including phenoxy) is 1. The molecule has 0 saturated carbocycles. The van der Waals surface area contributed by atoms with Crippen LogP contribution in [0.4, 0.5) is 0 Å². The Labute approximate surface area is 113 Å². The van der Waals surface area contributed by atoms with Gasteiger partial charge in [-0.15, -0.1) is 0 Å². The zero-order chi connectivity index (χ0) is 13.7. The van der Waals surface area contributed by atoms with Gasteiger partial charge in [-0.2, -0.15) is 0 Å². The van der Waals surface area contributed by atoms with Gasteiger partial charge in [0, 0.05) is 7.11 Å². The molecule has 0 atom stereocenters. The molecule has 19 heavy (non-hydrogen) atoms. The van der Waals surface area contributed by atoms with Gasteiger partial charge in [0.15, 0.2) is 9.84 Å². The van der Waals surface area contributed by atoms with Crippen LogP contribution in [0.2, 0.25) is 0 Å². The zero-order valence-corrected chi connectivity index (χ0v) is 11.6. The minimum atomic E-state index is -3.31. The molecule has 0 heterocycles. The lowest BCUT2D eigenvalue weighted by molar-refractivity contribution is 0.184. The Morgan fingerprint density at radius 2 is 1.47 bits per heavy atom. The summed E-state index contributed by atoms with van der Waals surface area (Å²) in [6, 6.07) is 15.9. The molecule has 0 aliphatic heterocycles. The van der Waals surface area contributed by atoms with Crippen molar-refractivity contribution in [3.63, 3.8) is 0 Å². The van der Waals surface area contributed by atoms with E-state index in [1.807, 2.05) is 24.3 Å². The van der Waals surface area contributed by atoms with E-state index >= 15 is 0 Å². The lowest BCUT2D eigenvalue weighted by Crippen LogP contribution is -2.07. The summed E-state index contributed by atoms with van der Waals surface area (Å²) < 4.78 is 29.7. The van der Waals surface area contributed by atoms with E-state index in [9.17, 15) is 8.42 Å². The van der Waals surface area contributed by atoms with Gasteiger partial charge in [0.05, 0.1) is 17.3 Å². The second-order valence-corrected chi connectivity index (χ2v) is 6.26. The summed E-state index contributed by atoms with van der Waals surface area (Å²) in [5.74, 6) is -0.00343. The van der Waals surface area contributed by atoms with Crippen LogP contribution in [0.3, 0.4) is 0 Å². The van der Waals surface area contributed by atoms with Crippen LogP contribution in [0.1, 0.15) is 11.1 Å². The van der Waals surface area contributed by atoms with Crippen molar-refractivity contribution in [3.05, 3.63) is 65.7 Å². The molecule has 0 aliphatic carbocycles. The van der Waals surface area contributed by atoms with Crippen molar-refractivity contribution < 1.29 is 13.2 Å². The predicted molar refractivity (Wildman–Crippen MR) is 74.5 cm³/mol. The molecule has 4 heteroatoms. The lowest BCUT2D eigenvalue weighted by atomic mass is 10.1. The summed E-state index contributed by atoms with van der Waals surface area (Å²) in [7, 11) is -1.71. The number of hydrogen-bond donors (Lipinski definition) is 0. The maximum Gasteiger partial charge on any atom is 0.182 e. The normalized spacial score (nSPS) is 11.4. The molecule has 0 unspecified atom stereocenters. The molecular weight excluding hydrogens is 260 g/mol. The highest BCUT2D eigenvalue weighted by molar-refractivity contribution is 7.90. The summed E-state index contributed by atoms with van der Waals surface area (Å²) in [5, 5.41) is 0. The van der Waals surface area contributed by atoms with Crippen molar-refractivity contribution in [3.8, 4) is 0 Å². The van der Waals surface area contributed by atoms with Gasteiger partial charge in [-0.05, 0) is 23.3 Å². The molecule has 0 amide bonds. The summed E-state index contributed by atoms with van der Waals surface area (Å²) in [4.78, 5) is 0.349. The van der Waals surface area contributed by atoms with E-state index in [1.54, 1.807) is 37.4 Å². The van der Waals surface area contributed by atoms with E-state index in [2.05, 4.69) is 0 Å². The first kappa shape index (κ1) is 13.8. The van der Waals surface area contributed by atoms with Gasteiger partial charge in [0.2, 0.25) is 0 Å².